The summed E-state index contributed by atoms with van der Waals surface area (Å²) in [7, 11) is 0. The minimum absolute atomic E-state index is 0.675. The third kappa shape index (κ3) is 1.63. The molecule has 0 fully saturated rings. The molecule has 0 aliphatic heterocycles. The van der Waals surface area contributed by atoms with E-state index in [1.165, 1.54) is 16.6 Å². The monoisotopic (exact) mass is 203 g/mol. The van der Waals surface area contributed by atoms with Crippen molar-refractivity contribution in [2.45, 2.75) is 26.8 Å². The number of aryl methyl sites for hydroxylation is 2. The van der Waals surface area contributed by atoms with Crippen LogP contribution in [0.2, 0.25) is 0 Å². The van der Waals surface area contributed by atoms with Gasteiger partial charge in [-0.3, -0.25) is 4.68 Å². The topological polar surface area (TPSA) is 43.8 Å². The number of nitrogens with zero attached hydrogens (tertiary/aromatic N) is 2. The fraction of sp³-hybridized carbons (Fsp3) is 0.417. The lowest BCUT2D eigenvalue weighted by Crippen LogP contribution is -2.09. The van der Waals surface area contributed by atoms with E-state index in [1.807, 2.05) is 0 Å². The molecular formula is C12H17N3. The summed E-state index contributed by atoms with van der Waals surface area (Å²) in [6.07, 6.45) is 0.897. The Bertz CT molecular complexity index is 471. The summed E-state index contributed by atoms with van der Waals surface area (Å²) < 4.78 is 2.06. The van der Waals surface area contributed by atoms with Crippen LogP contribution < -0.4 is 5.73 Å². The van der Waals surface area contributed by atoms with E-state index in [0.717, 1.165) is 18.5 Å². The minimum Gasteiger partial charge on any atom is -0.330 e. The second-order valence-electron chi connectivity index (χ2n) is 3.77. The summed E-state index contributed by atoms with van der Waals surface area (Å²) in [5.74, 6) is 0. The molecule has 0 aliphatic rings. The first kappa shape index (κ1) is 10.2. The zero-order valence-electron chi connectivity index (χ0n) is 9.33. The first-order valence-corrected chi connectivity index (χ1v) is 5.43. The average molecular weight is 203 g/mol. The Balaban J connectivity index is 2.68. The molecule has 3 heteroatoms. The molecule has 0 saturated heterocycles. The highest BCUT2D eigenvalue weighted by atomic mass is 15.3. The van der Waals surface area contributed by atoms with E-state index in [9.17, 15) is 0 Å². The summed E-state index contributed by atoms with van der Waals surface area (Å²) in [5, 5.41) is 5.86. The van der Waals surface area contributed by atoms with Crippen LogP contribution in [0.1, 0.15) is 18.2 Å². The maximum Gasteiger partial charge on any atom is 0.0955 e. The van der Waals surface area contributed by atoms with Crippen molar-refractivity contribution in [3.8, 4) is 0 Å². The van der Waals surface area contributed by atoms with Crippen LogP contribution in [-0.2, 0) is 13.0 Å². The van der Waals surface area contributed by atoms with Gasteiger partial charge in [-0.05, 0) is 26.0 Å². The van der Waals surface area contributed by atoms with Gasteiger partial charge in [-0.25, -0.2) is 0 Å². The molecule has 0 bridgehead atoms. The van der Waals surface area contributed by atoms with Gasteiger partial charge in [-0.2, -0.15) is 5.10 Å². The second kappa shape index (κ2) is 4.03. The van der Waals surface area contributed by atoms with Crippen LogP contribution in [0.15, 0.2) is 18.2 Å². The molecule has 1 aromatic heterocycles. The molecular weight excluding hydrogens is 186 g/mol. The highest BCUT2D eigenvalue weighted by molar-refractivity contribution is 5.84. The summed E-state index contributed by atoms with van der Waals surface area (Å²) in [4.78, 5) is 0. The van der Waals surface area contributed by atoms with Crippen molar-refractivity contribution in [1.82, 2.24) is 9.78 Å². The van der Waals surface area contributed by atoms with Crippen molar-refractivity contribution >= 4 is 10.9 Å². The van der Waals surface area contributed by atoms with E-state index >= 15 is 0 Å². The number of hydrogen-bond acceptors (Lipinski definition) is 2. The first-order valence-electron chi connectivity index (χ1n) is 5.43. The van der Waals surface area contributed by atoms with E-state index in [4.69, 9.17) is 5.73 Å². The lowest BCUT2D eigenvalue weighted by Gasteiger charge is -2.02. The second-order valence-corrected chi connectivity index (χ2v) is 3.77. The number of rotatable bonds is 3. The van der Waals surface area contributed by atoms with E-state index in [1.54, 1.807) is 0 Å². The van der Waals surface area contributed by atoms with Crippen molar-refractivity contribution < 1.29 is 0 Å². The summed E-state index contributed by atoms with van der Waals surface area (Å²) >= 11 is 0. The Morgan fingerprint density at radius 3 is 2.87 bits per heavy atom. The first-order chi connectivity index (χ1) is 7.27. The predicted molar refractivity (Wildman–Crippen MR) is 62.9 cm³/mol. The van der Waals surface area contributed by atoms with Crippen molar-refractivity contribution in [2.75, 3.05) is 6.54 Å². The maximum atomic E-state index is 5.63. The van der Waals surface area contributed by atoms with Crippen LogP contribution >= 0.6 is 0 Å². The molecule has 0 saturated carbocycles. The molecule has 1 aromatic carbocycles. The van der Waals surface area contributed by atoms with Gasteiger partial charge in [-0.15, -0.1) is 0 Å². The number of hydrogen-bond donors (Lipinski definition) is 1. The van der Waals surface area contributed by atoms with E-state index in [2.05, 4.69) is 41.8 Å². The molecule has 80 valence electrons. The highest BCUT2D eigenvalue weighted by Gasteiger charge is 2.10. The zero-order chi connectivity index (χ0) is 10.8. The molecule has 0 amide bonds. The average Bonchev–Trinajstić information content (AvgIpc) is 2.59. The van der Waals surface area contributed by atoms with Gasteiger partial charge in [-0.1, -0.05) is 18.2 Å². The molecule has 2 aromatic rings. The van der Waals surface area contributed by atoms with Crippen molar-refractivity contribution in [1.29, 1.82) is 0 Å². The van der Waals surface area contributed by atoms with Crippen molar-refractivity contribution in [3.05, 3.63) is 29.5 Å². The van der Waals surface area contributed by atoms with Gasteiger partial charge in [0.15, 0.2) is 0 Å². The van der Waals surface area contributed by atoms with Crippen LogP contribution in [0, 0.1) is 6.92 Å². The molecule has 3 nitrogen and oxygen atoms in total. The van der Waals surface area contributed by atoms with Gasteiger partial charge in [0.25, 0.3) is 0 Å². The normalized spacial score (nSPS) is 11.1. The standard InChI is InChI=1S/C12H17N3/c1-3-15-11(7-8-13)10-6-4-5-9(2)12(10)14-15/h4-6H,3,7-8,13H2,1-2H3. The SMILES string of the molecule is CCn1nc2c(C)cccc2c1CCN. The van der Waals surface area contributed by atoms with E-state index in [-0.39, 0.29) is 0 Å². The third-order valence-corrected chi connectivity index (χ3v) is 2.76. The number of benzene rings is 1. The number of fused-ring (bicyclic) bond motifs is 1. The maximum absolute atomic E-state index is 5.63. The molecule has 1 heterocycles. The highest BCUT2D eigenvalue weighted by Crippen LogP contribution is 2.21. The van der Waals surface area contributed by atoms with Gasteiger partial charge in [0.1, 0.15) is 0 Å². The lowest BCUT2D eigenvalue weighted by molar-refractivity contribution is 0.627. The van der Waals surface area contributed by atoms with Crippen LogP contribution in [0.3, 0.4) is 0 Å². The fourth-order valence-electron chi connectivity index (χ4n) is 2.01. The summed E-state index contributed by atoms with van der Waals surface area (Å²) in [5.41, 5.74) is 9.24. The molecule has 0 atom stereocenters. The van der Waals surface area contributed by atoms with E-state index in [0.29, 0.717) is 6.54 Å². The fourth-order valence-corrected chi connectivity index (χ4v) is 2.01. The molecule has 0 aliphatic carbocycles. The summed E-state index contributed by atoms with van der Waals surface area (Å²) in [6.45, 7) is 5.79. The molecule has 0 unspecified atom stereocenters. The quantitative estimate of drug-likeness (QED) is 0.827. The molecule has 2 rings (SSSR count). The molecule has 0 spiro atoms. The van der Waals surface area contributed by atoms with Crippen LogP contribution in [-0.4, -0.2) is 16.3 Å². The van der Waals surface area contributed by atoms with Gasteiger partial charge in [0, 0.05) is 24.0 Å². The zero-order valence-corrected chi connectivity index (χ0v) is 9.33. The van der Waals surface area contributed by atoms with Gasteiger partial charge in [0.2, 0.25) is 0 Å². The molecule has 15 heavy (non-hydrogen) atoms. The molecule has 2 N–H and O–H groups in total. The molecule has 0 radical (unpaired) electrons. The van der Waals surface area contributed by atoms with Crippen molar-refractivity contribution in [2.24, 2.45) is 5.73 Å². The Morgan fingerprint density at radius 2 is 2.20 bits per heavy atom. The van der Waals surface area contributed by atoms with Crippen LogP contribution in [0.4, 0.5) is 0 Å². The van der Waals surface area contributed by atoms with E-state index < -0.39 is 0 Å². The van der Waals surface area contributed by atoms with Gasteiger partial charge < -0.3 is 5.73 Å². The third-order valence-electron chi connectivity index (χ3n) is 2.76. The predicted octanol–water partition coefficient (Wildman–Crippen LogP) is 1.87. The Labute approximate surface area is 89.9 Å². The largest absolute Gasteiger partial charge is 0.330 e. The van der Waals surface area contributed by atoms with Crippen LogP contribution in [0.25, 0.3) is 10.9 Å². The Kier molecular flexibility index (Phi) is 2.73. The van der Waals surface area contributed by atoms with Gasteiger partial charge >= 0.3 is 0 Å². The summed E-state index contributed by atoms with van der Waals surface area (Å²) in [6, 6.07) is 6.31. The smallest absolute Gasteiger partial charge is 0.0955 e. The lowest BCUT2D eigenvalue weighted by atomic mass is 10.1. The Morgan fingerprint density at radius 1 is 1.40 bits per heavy atom. The van der Waals surface area contributed by atoms with Crippen molar-refractivity contribution in [3.63, 3.8) is 0 Å². The van der Waals surface area contributed by atoms with Crippen LogP contribution in [0.5, 0.6) is 0 Å². The number of nitrogens with two attached hydrogens (primary N) is 1. The Hall–Kier alpha value is -1.35. The minimum atomic E-state index is 0.675. The number of aromatic nitrogens is 2. The van der Waals surface area contributed by atoms with Gasteiger partial charge in [0.05, 0.1) is 5.52 Å².